The highest BCUT2D eigenvalue weighted by Gasteiger charge is 2.20. The summed E-state index contributed by atoms with van der Waals surface area (Å²) >= 11 is 12.6. The lowest BCUT2D eigenvalue weighted by Gasteiger charge is -2.17. The van der Waals surface area contributed by atoms with Crippen molar-refractivity contribution in [2.24, 2.45) is 5.16 Å². The van der Waals surface area contributed by atoms with E-state index < -0.39 is 0 Å². The van der Waals surface area contributed by atoms with Gasteiger partial charge in [0, 0.05) is 11.1 Å². The van der Waals surface area contributed by atoms with Crippen LogP contribution in [0.15, 0.2) is 66.6 Å². The van der Waals surface area contributed by atoms with Gasteiger partial charge in [-0.05, 0) is 23.4 Å². The average Bonchev–Trinajstić information content (AvgIpc) is 2.78. The van der Waals surface area contributed by atoms with E-state index in [1.807, 2.05) is 18.2 Å². The monoisotopic (exact) mass is 443 g/mol. The zero-order valence-corrected chi connectivity index (χ0v) is 17.1. The second kappa shape index (κ2) is 9.02. The van der Waals surface area contributed by atoms with Crippen LogP contribution in [0.3, 0.4) is 0 Å². The first kappa shape index (κ1) is 20.0. The van der Waals surface area contributed by atoms with E-state index in [2.05, 4.69) is 21.7 Å². The van der Waals surface area contributed by atoms with Crippen LogP contribution in [0.1, 0.15) is 5.56 Å². The Morgan fingerprint density at radius 1 is 0.900 bits per heavy atom. The van der Waals surface area contributed by atoms with Gasteiger partial charge < -0.3 is 19.0 Å². The first-order valence-corrected chi connectivity index (χ1v) is 9.61. The maximum atomic E-state index is 6.43. The number of ether oxygens (including phenoxy) is 3. The maximum Gasteiger partial charge on any atom is 0.257 e. The highest BCUT2D eigenvalue weighted by molar-refractivity contribution is 6.33. The van der Waals surface area contributed by atoms with Gasteiger partial charge in [-0.1, -0.05) is 60.1 Å². The Morgan fingerprint density at radius 3 is 2.27 bits per heavy atom. The van der Waals surface area contributed by atoms with Crippen molar-refractivity contribution < 1.29 is 19.0 Å². The zero-order valence-electron chi connectivity index (χ0n) is 15.5. The van der Waals surface area contributed by atoms with Gasteiger partial charge in [0.05, 0.1) is 5.02 Å². The lowest BCUT2D eigenvalue weighted by molar-refractivity contribution is 0.0669. The van der Waals surface area contributed by atoms with Crippen molar-refractivity contribution in [2.75, 3.05) is 13.2 Å². The van der Waals surface area contributed by atoms with Crippen molar-refractivity contribution in [2.45, 2.75) is 0 Å². The second-order valence-electron chi connectivity index (χ2n) is 5.99. The summed E-state index contributed by atoms with van der Waals surface area (Å²) in [6, 6.07) is 14.2. The van der Waals surface area contributed by atoms with E-state index >= 15 is 0 Å². The summed E-state index contributed by atoms with van der Waals surface area (Å²) in [6.45, 7) is 4.81. The number of aromatic nitrogens is 2. The van der Waals surface area contributed by atoms with Gasteiger partial charge in [0.1, 0.15) is 24.4 Å². The molecule has 0 N–H and O–H groups in total. The summed E-state index contributed by atoms with van der Waals surface area (Å²) in [5, 5.41) is 4.41. The summed E-state index contributed by atoms with van der Waals surface area (Å²) in [5.41, 5.74) is 1.15. The Kier molecular flexibility index (Phi) is 6.02. The number of nitrogens with zero attached hydrogens (tertiary/aromatic N) is 3. The number of benzene rings is 2. The molecule has 1 aliphatic heterocycles. The maximum absolute atomic E-state index is 6.43. The lowest BCUT2D eigenvalue weighted by Crippen LogP contribution is -2.17. The molecular weight excluding hydrogens is 429 g/mol. The van der Waals surface area contributed by atoms with Crippen LogP contribution in [0.5, 0.6) is 23.3 Å². The fraction of sp³-hybridized carbons (Fsp3) is 0.0952. The molecule has 0 atom stereocenters. The Morgan fingerprint density at radius 2 is 1.57 bits per heavy atom. The van der Waals surface area contributed by atoms with Crippen molar-refractivity contribution in [3.05, 3.63) is 77.0 Å². The Hall–Kier alpha value is -3.29. The van der Waals surface area contributed by atoms with Gasteiger partial charge >= 0.3 is 0 Å². The predicted molar refractivity (Wildman–Crippen MR) is 113 cm³/mol. The van der Waals surface area contributed by atoms with Gasteiger partial charge in [-0.2, -0.15) is 9.97 Å². The molecule has 0 unspecified atom stereocenters. The van der Waals surface area contributed by atoms with E-state index in [0.29, 0.717) is 40.9 Å². The number of hydrogen-bond donors (Lipinski definition) is 0. The van der Waals surface area contributed by atoms with Crippen molar-refractivity contribution in [1.29, 1.82) is 0 Å². The summed E-state index contributed by atoms with van der Waals surface area (Å²) in [4.78, 5) is 13.3. The quantitative estimate of drug-likeness (QED) is 0.483. The third kappa shape index (κ3) is 4.32. The molecule has 0 fully saturated rings. The molecule has 3 aromatic rings. The number of hydrogen-bond acceptors (Lipinski definition) is 7. The minimum Gasteiger partial charge on any atom is -0.471 e. The SMILES string of the molecule is C=C(C1=NOCCO1)c1ccccc1Oc1ncnc(Oc2ccccc2Cl)c1Cl. The molecule has 1 aliphatic rings. The molecule has 0 saturated carbocycles. The molecule has 152 valence electrons. The van der Waals surface area contributed by atoms with Crippen LogP contribution in [-0.2, 0) is 9.57 Å². The fourth-order valence-electron chi connectivity index (χ4n) is 2.59. The topological polar surface area (TPSA) is 75.1 Å². The van der Waals surface area contributed by atoms with Gasteiger partial charge in [-0.3, -0.25) is 0 Å². The molecule has 0 spiro atoms. The molecule has 0 amide bonds. The standard InChI is InChI=1S/C21H15Cl2N3O4/c1-13(19-26-28-11-10-27-19)14-6-2-4-8-16(14)29-20-18(23)21(25-12-24-20)30-17-9-5-3-7-15(17)22/h2-9,12H,1,10-11H2. The molecule has 0 radical (unpaired) electrons. The van der Waals surface area contributed by atoms with Crippen LogP contribution >= 0.6 is 23.2 Å². The van der Waals surface area contributed by atoms with Crippen LogP contribution in [0.4, 0.5) is 0 Å². The molecular formula is C21H15Cl2N3O4. The minimum absolute atomic E-state index is 0.0902. The molecule has 2 heterocycles. The molecule has 0 aliphatic carbocycles. The Balaban J connectivity index is 1.62. The molecule has 0 bridgehead atoms. The highest BCUT2D eigenvalue weighted by Crippen LogP contribution is 2.38. The van der Waals surface area contributed by atoms with E-state index in [1.54, 1.807) is 30.3 Å². The number of para-hydroxylation sites is 2. The summed E-state index contributed by atoms with van der Waals surface area (Å²) in [7, 11) is 0. The second-order valence-corrected chi connectivity index (χ2v) is 6.77. The molecule has 4 rings (SSSR count). The molecule has 9 heteroatoms. The largest absolute Gasteiger partial charge is 0.471 e. The van der Waals surface area contributed by atoms with Gasteiger partial charge in [0.15, 0.2) is 11.6 Å². The third-order valence-electron chi connectivity index (χ3n) is 4.01. The lowest BCUT2D eigenvalue weighted by atomic mass is 10.1. The van der Waals surface area contributed by atoms with E-state index in [-0.39, 0.29) is 22.7 Å². The minimum atomic E-state index is 0.0902. The third-order valence-corrected chi connectivity index (χ3v) is 4.64. The molecule has 1 aromatic heterocycles. The normalized spacial score (nSPS) is 12.9. The Labute approximate surface area is 182 Å². The number of rotatable bonds is 6. The fourth-order valence-corrected chi connectivity index (χ4v) is 2.93. The van der Waals surface area contributed by atoms with Gasteiger partial charge in [-0.15, -0.1) is 0 Å². The van der Waals surface area contributed by atoms with Crippen molar-refractivity contribution in [3.63, 3.8) is 0 Å². The van der Waals surface area contributed by atoms with Crippen molar-refractivity contribution in [3.8, 4) is 23.3 Å². The summed E-state index contributed by atoms with van der Waals surface area (Å²) < 4.78 is 17.2. The van der Waals surface area contributed by atoms with Crippen LogP contribution in [0.25, 0.3) is 5.57 Å². The smallest absolute Gasteiger partial charge is 0.257 e. The van der Waals surface area contributed by atoms with Crippen LogP contribution < -0.4 is 9.47 Å². The zero-order chi connectivity index (χ0) is 20.9. The molecule has 0 saturated heterocycles. The van der Waals surface area contributed by atoms with Crippen LogP contribution in [-0.4, -0.2) is 29.1 Å². The van der Waals surface area contributed by atoms with E-state index in [9.17, 15) is 0 Å². The molecule has 2 aromatic carbocycles. The van der Waals surface area contributed by atoms with Crippen LogP contribution in [0.2, 0.25) is 10.0 Å². The molecule has 7 nitrogen and oxygen atoms in total. The number of halogens is 2. The first-order chi connectivity index (χ1) is 14.6. The van der Waals surface area contributed by atoms with Gasteiger partial charge in [0.2, 0.25) is 11.8 Å². The van der Waals surface area contributed by atoms with Gasteiger partial charge in [-0.25, -0.2) is 0 Å². The van der Waals surface area contributed by atoms with Crippen molar-refractivity contribution >= 4 is 34.7 Å². The predicted octanol–water partition coefficient (Wildman–Crippen LogP) is 5.74. The average molecular weight is 444 g/mol. The summed E-state index contributed by atoms with van der Waals surface area (Å²) in [6.07, 6.45) is 1.28. The Bertz CT molecular complexity index is 1120. The number of oxime groups is 1. The van der Waals surface area contributed by atoms with E-state index in [0.717, 1.165) is 0 Å². The first-order valence-electron chi connectivity index (χ1n) is 8.85. The highest BCUT2D eigenvalue weighted by atomic mass is 35.5. The van der Waals surface area contributed by atoms with Gasteiger partial charge in [0.25, 0.3) is 5.90 Å². The summed E-state index contributed by atoms with van der Waals surface area (Å²) in [5.74, 6) is 1.36. The van der Waals surface area contributed by atoms with Crippen LogP contribution in [0, 0.1) is 0 Å². The molecule has 30 heavy (non-hydrogen) atoms. The van der Waals surface area contributed by atoms with E-state index in [1.165, 1.54) is 6.33 Å². The van der Waals surface area contributed by atoms with E-state index in [4.69, 9.17) is 42.3 Å². The van der Waals surface area contributed by atoms with Crippen molar-refractivity contribution in [1.82, 2.24) is 9.97 Å².